The van der Waals surface area contributed by atoms with Gasteiger partial charge in [-0.3, -0.25) is 4.98 Å². The lowest BCUT2D eigenvalue weighted by Crippen LogP contribution is -2.29. The quantitative estimate of drug-likeness (QED) is 0.739. The maximum Gasteiger partial charge on any atom is 0.340 e. The maximum atomic E-state index is 12.0. The molecule has 2 heterocycles. The normalized spacial score (nSPS) is 18.6. The first-order chi connectivity index (χ1) is 14.2. The zero-order valence-corrected chi connectivity index (χ0v) is 17.2. The molecule has 0 spiro atoms. The summed E-state index contributed by atoms with van der Waals surface area (Å²) in [6.45, 7) is 1.41. The molecule has 1 aliphatic heterocycles. The molecule has 1 unspecified atom stereocenters. The summed E-state index contributed by atoms with van der Waals surface area (Å²) < 4.78 is 10.9. The summed E-state index contributed by atoms with van der Waals surface area (Å²) in [6, 6.07) is 8.91. The van der Waals surface area contributed by atoms with Gasteiger partial charge in [0.15, 0.2) is 0 Å². The number of hydrogen-bond acceptors (Lipinski definition) is 6. The van der Waals surface area contributed by atoms with Crippen LogP contribution in [0.4, 0.5) is 11.4 Å². The lowest BCUT2D eigenvalue weighted by molar-refractivity contribution is 0.0601. The summed E-state index contributed by atoms with van der Waals surface area (Å²) in [7, 11) is 3.58. The number of esters is 1. The highest BCUT2D eigenvalue weighted by Crippen LogP contribution is 2.38. The van der Waals surface area contributed by atoms with Gasteiger partial charge in [0.25, 0.3) is 0 Å². The highest BCUT2D eigenvalue weighted by Gasteiger charge is 2.25. The minimum absolute atomic E-state index is 0.315. The van der Waals surface area contributed by atoms with Crippen LogP contribution in [0, 0.1) is 0 Å². The Bertz CT molecular complexity index is 864. The average Bonchev–Trinajstić information content (AvgIpc) is 3.31. The van der Waals surface area contributed by atoms with Gasteiger partial charge in [-0.15, -0.1) is 0 Å². The van der Waals surface area contributed by atoms with Crippen LogP contribution in [0.2, 0.25) is 0 Å². The lowest BCUT2D eigenvalue weighted by atomic mass is 9.92. The second-order valence-electron chi connectivity index (χ2n) is 7.90. The van der Waals surface area contributed by atoms with Gasteiger partial charge in [-0.05, 0) is 37.0 Å². The highest BCUT2D eigenvalue weighted by molar-refractivity contribution is 5.95. The number of carbonyl (C=O) groups is 1. The molecule has 1 aromatic heterocycles. The number of aromatic nitrogens is 1. The summed E-state index contributed by atoms with van der Waals surface area (Å²) >= 11 is 0. The summed E-state index contributed by atoms with van der Waals surface area (Å²) in [5.74, 6) is 0.932. The fourth-order valence-corrected chi connectivity index (χ4v) is 4.44. The Balaban J connectivity index is 1.48. The van der Waals surface area contributed by atoms with E-state index in [9.17, 15) is 4.79 Å². The molecule has 6 heteroatoms. The van der Waals surface area contributed by atoms with Gasteiger partial charge in [-0.25, -0.2) is 4.79 Å². The number of hydrogen-bond donors (Lipinski definition) is 1. The van der Waals surface area contributed by atoms with E-state index in [1.165, 1.54) is 44.0 Å². The van der Waals surface area contributed by atoms with Crippen LogP contribution in [0.1, 0.15) is 53.9 Å². The largest absolute Gasteiger partial charge is 0.493 e. The van der Waals surface area contributed by atoms with Crippen molar-refractivity contribution < 1.29 is 14.3 Å². The molecule has 1 aromatic carbocycles. The van der Waals surface area contributed by atoms with Crippen molar-refractivity contribution >= 4 is 17.3 Å². The summed E-state index contributed by atoms with van der Waals surface area (Å²) in [5.41, 5.74) is 3.65. The molecule has 6 nitrogen and oxygen atoms in total. The Morgan fingerprint density at radius 3 is 2.90 bits per heavy atom. The molecule has 0 radical (unpaired) electrons. The van der Waals surface area contributed by atoms with E-state index >= 15 is 0 Å². The van der Waals surface area contributed by atoms with Crippen LogP contribution in [-0.4, -0.2) is 44.3 Å². The molecule has 154 valence electrons. The van der Waals surface area contributed by atoms with Gasteiger partial charge < -0.3 is 19.7 Å². The molecule has 0 bridgehead atoms. The predicted molar refractivity (Wildman–Crippen MR) is 114 cm³/mol. The van der Waals surface area contributed by atoms with Crippen molar-refractivity contribution in [3.05, 3.63) is 47.8 Å². The first-order valence-corrected chi connectivity index (χ1v) is 10.4. The van der Waals surface area contributed by atoms with Crippen molar-refractivity contribution in [3.63, 3.8) is 0 Å². The van der Waals surface area contributed by atoms with Crippen LogP contribution in [0.5, 0.6) is 5.75 Å². The topological polar surface area (TPSA) is 63.7 Å². The molecule has 4 rings (SSSR count). The van der Waals surface area contributed by atoms with Gasteiger partial charge in [0.2, 0.25) is 0 Å². The Hall–Kier alpha value is -2.76. The van der Waals surface area contributed by atoms with Crippen molar-refractivity contribution in [2.75, 3.05) is 37.5 Å². The molecular formula is C23H29N3O3. The minimum Gasteiger partial charge on any atom is -0.493 e. The second kappa shape index (κ2) is 8.72. The molecule has 2 aromatic rings. The molecule has 1 fully saturated rings. The minimum atomic E-state index is -0.359. The number of anilines is 2. The van der Waals surface area contributed by atoms with E-state index < -0.39 is 0 Å². The van der Waals surface area contributed by atoms with E-state index in [4.69, 9.17) is 9.47 Å². The predicted octanol–water partition coefficient (Wildman–Crippen LogP) is 4.23. The Labute approximate surface area is 172 Å². The lowest BCUT2D eigenvalue weighted by Gasteiger charge is -2.30. The summed E-state index contributed by atoms with van der Waals surface area (Å²) in [5, 5.41) is 3.39. The summed E-state index contributed by atoms with van der Waals surface area (Å²) in [4.78, 5) is 18.5. The SMILES string of the molecule is COC(=O)c1ccncc1NCC1CCOc2cc(N(C)C3CCCC3)ccc21. The number of nitrogens with one attached hydrogen (secondary N) is 1. The number of nitrogens with zero attached hydrogens (tertiary/aromatic N) is 2. The van der Waals surface area contributed by atoms with Crippen molar-refractivity contribution in [1.82, 2.24) is 4.98 Å². The third kappa shape index (κ3) is 4.16. The smallest absolute Gasteiger partial charge is 0.340 e. The van der Waals surface area contributed by atoms with Crippen molar-refractivity contribution in [2.45, 2.75) is 44.1 Å². The van der Waals surface area contributed by atoms with E-state index in [0.29, 0.717) is 36.4 Å². The van der Waals surface area contributed by atoms with Crippen LogP contribution >= 0.6 is 0 Å². The van der Waals surface area contributed by atoms with Gasteiger partial charge in [0.1, 0.15) is 5.75 Å². The van der Waals surface area contributed by atoms with Crippen LogP contribution in [0.3, 0.4) is 0 Å². The Kier molecular flexibility index (Phi) is 5.88. The molecule has 29 heavy (non-hydrogen) atoms. The first-order valence-electron chi connectivity index (χ1n) is 10.4. The summed E-state index contributed by atoms with van der Waals surface area (Å²) in [6.07, 6.45) is 9.41. The number of methoxy groups -OCH3 is 1. The van der Waals surface area contributed by atoms with Gasteiger partial charge in [0, 0.05) is 43.5 Å². The van der Waals surface area contributed by atoms with Crippen molar-refractivity contribution in [3.8, 4) is 5.75 Å². The molecule has 1 saturated carbocycles. The third-order valence-electron chi connectivity index (χ3n) is 6.21. The van der Waals surface area contributed by atoms with E-state index in [-0.39, 0.29) is 5.97 Å². The maximum absolute atomic E-state index is 12.0. The average molecular weight is 396 g/mol. The van der Waals surface area contributed by atoms with Gasteiger partial charge >= 0.3 is 5.97 Å². The zero-order chi connectivity index (χ0) is 20.2. The highest BCUT2D eigenvalue weighted by atomic mass is 16.5. The number of rotatable bonds is 6. The van der Waals surface area contributed by atoms with Gasteiger partial charge in [-0.2, -0.15) is 0 Å². The number of carbonyl (C=O) groups excluding carboxylic acids is 1. The van der Waals surface area contributed by atoms with Gasteiger partial charge in [-0.1, -0.05) is 18.9 Å². The molecule has 0 saturated heterocycles. The van der Waals surface area contributed by atoms with Crippen LogP contribution in [0.15, 0.2) is 36.7 Å². The third-order valence-corrected chi connectivity index (χ3v) is 6.21. The number of pyridine rings is 1. The van der Waals surface area contributed by atoms with Crippen LogP contribution in [-0.2, 0) is 4.74 Å². The zero-order valence-electron chi connectivity index (χ0n) is 17.2. The Morgan fingerprint density at radius 2 is 2.10 bits per heavy atom. The second-order valence-corrected chi connectivity index (χ2v) is 7.90. The number of ether oxygens (including phenoxy) is 2. The van der Waals surface area contributed by atoms with E-state index in [0.717, 1.165) is 12.2 Å². The Morgan fingerprint density at radius 1 is 1.28 bits per heavy atom. The molecule has 2 aliphatic rings. The molecule has 1 N–H and O–H groups in total. The fourth-order valence-electron chi connectivity index (χ4n) is 4.44. The monoisotopic (exact) mass is 395 g/mol. The molecule has 0 amide bonds. The number of benzene rings is 1. The molecule has 1 aliphatic carbocycles. The van der Waals surface area contributed by atoms with E-state index in [2.05, 4.69) is 40.4 Å². The first kappa shape index (κ1) is 19.6. The van der Waals surface area contributed by atoms with Gasteiger partial charge in [0.05, 0.1) is 31.2 Å². The van der Waals surface area contributed by atoms with Crippen LogP contribution in [0.25, 0.3) is 0 Å². The van der Waals surface area contributed by atoms with E-state index in [1.807, 2.05) is 0 Å². The van der Waals surface area contributed by atoms with Crippen LogP contribution < -0.4 is 15.0 Å². The van der Waals surface area contributed by atoms with Crippen molar-refractivity contribution in [1.29, 1.82) is 0 Å². The molecular weight excluding hydrogens is 366 g/mol. The van der Waals surface area contributed by atoms with E-state index in [1.54, 1.807) is 18.5 Å². The standard InChI is InChI=1S/C23H29N3O3/c1-26(17-5-3-4-6-17)18-7-8-19-16(10-12-29-22(19)13-18)14-25-21-15-24-11-9-20(21)23(27)28-2/h7-9,11,13,15-17,25H,3-6,10,12,14H2,1-2H3. The molecule has 1 atom stereocenters. The fraction of sp³-hybridized carbons (Fsp3) is 0.478. The van der Waals surface area contributed by atoms with Crippen molar-refractivity contribution in [2.24, 2.45) is 0 Å². The number of fused-ring (bicyclic) bond motifs is 1.